The van der Waals surface area contributed by atoms with Crippen molar-refractivity contribution in [2.75, 3.05) is 14.1 Å². The van der Waals surface area contributed by atoms with Crippen molar-refractivity contribution in [2.24, 2.45) is 0 Å². The molecule has 0 aliphatic heterocycles. The van der Waals surface area contributed by atoms with Crippen LogP contribution in [0.3, 0.4) is 0 Å². The van der Waals surface area contributed by atoms with E-state index in [9.17, 15) is 4.79 Å². The first-order valence-corrected chi connectivity index (χ1v) is 11.2. The van der Waals surface area contributed by atoms with Crippen molar-refractivity contribution >= 4 is 17.2 Å². The zero-order chi connectivity index (χ0) is 22.4. The van der Waals surface area contributed by atoms with Crippen molar-refractivity contribution in [1.82, 2.24) is 14.5 Å². The Hall–Kier alpha value is -2.79. The van der Waals surface area contributed by atoms with Gasteiger partial charge in [0.25, 0.3) is 5.56 Å². The van der Waals surface area contributed by atoms with Crippen LogP contribution in [0.25, 0.3) is 11.1 Å². The molecule has 1 aromatic heterocycles. The molecule has 5 heteroatoms. The van der Waals surface area contributed by atoms with E-state index in [0.29, 0.717) is 18.5 Å². The molecule has 0 aliphatic rings. The van der Waals surface area contributed by atoms with Gasteiger partial charge in [-0.1, -0.05) is 80.2 Å². The van der Waals surface area contributed by atoms with Crippen molar-refractivity contribution in [3.63, 3.8) is 0 Å². The van der Waals surface area contributed by atoms with Crippen molar-refractivity contribution in [1.29, 1.82) is 0 Å². The van der Waals surface area contributed by atoms with Gasteiger partial charge in [0.15, 0.2) is 0 Å². The smallest absolute Gasteiger partial charge is 0.257 e. The lowest BCUT2D eigenvalue weighted by Gasteiger charge is -2.18. The summed E-state index contributed by atoms with van der Waals surface area (Å²) in [6.07, 6.45) is 3.32. The van der Waals surface area contributed by atoms with Crippen molar-refractivity contribution in [3.05, 3.63) is 87.6 Å². The molecule has 0 N–H and O–H groups in total. The molecule has 1 heterocycles. The van der Waals surface area contributed by atoms with Gasteiger partial charge in [0, 0.05) is 38.2 Å². The normalized spacial score (nSPS) is 10.8. The molecule has 2 aromatic carbocycles. The van der Waals surface area contributed by atoms with Gasteiger partial charge < -0.3 is 4.90 Å². The Balaban J connectivity index is 1.95. The van der Waals surface area contributed by atoms with Crippen molar-refractivity contribution in [2.45, 2.75) is 46.1 Å². The first-order valence-electron chi connectivity index (χ1n) is 10.8. The fourth-order valence-electron chi connectivity index (χ4n) is 3.57. The van der Waals surface area contributed by atoms with Crippen LogP contribution in [0.1, 0.15) is 42.4 Å². The molecular weight excluding hydrogens is 402 g/mol. The molecule has 0 spiro atoms. The van der Waals surface area contributed by atoms with Crippen molar-refractivity contribution < 1.29 is 0 Å². The maximum absolute atomic E-state index is 13.5. The standard InChI is InChI=1S/C26H31N3OS/c1-5-6-12-24-27-19(2)23(17-25(31)28(3)4)26(30)29(24)18-20-13-15-22(16-14-20)21-10-8-7-9-11-21/h7-11,13-16H,5-6,12,17-18H2,1-4H3. The fourth-order valence-corrected chi connectivity index (χ4v) is 3.72. The molecule has 0 bridgehead atoms. The number of hydrogen-bond acceptors (Lipinski definition) is 3. The maximum Gasteiger partial charge on any atom is 0.257 e. The number of hydrogen-bond donors (Lipinski definition) is 0. The molecule has 162 valence electrons. The van der Waals surface area contributed by atoms with Crippen LogP contribution >= 0.6 is 12.2 Å². The van der Waals surface area contributed by atoms with Crippen LogP contribution in [0, 0.1) is 6.92 Å². The van der Waals surface area contributed by atoms with E-state index in [0.717, 1.165) is 41.3 Å². The van der Waals surface area contributed by atoms with E-state index in [1.165, 1.54) is 11.1 Å². The number of unbranched alkanes of at least 4 members (excludes halogenated alkanes) is 1. The molecule has 3 rings (SSSR count). The SMILES string of the molecule is CCCCc1nc(C)c(CC(=S)N(C)C)c(=O)n1Cc1ccc(-c2ccccc2)cc1. The van der Waals surface area contributed by atoms with E-state index >= 15 is 0 Å². The number of benzene rings is 2. The Bertz CT molecular complexity index is 1090. The number of aryl methyl sites for hydroxylation is 2. The van der Waals surface area contributed by atoms with Crippen molar-refractivity contribution in [3.8, 4) is 11.1 Å². The molecule has 0 aliphatic carbocycles. The zero-order valence-electron chi connectivity index (χ0n) is 18.9. The van der Waals surface area contributed by atoms with Crippen LogP contribution in [0.2, 0.25) is 0 Å². The van der Waals surface area contributed by atoms with E-state index in [4.69, 9.17) is 17.2 Å². The average Bonchev–Trinajstić information content (AvgIpc) is 2.78. The van der Waals surface area contributed by atoms with Gasteiger partial charge in [0.2, 0.25) is 0 Å². The Kier molecular flexibility index (Phi) is 7.75. The lowest BCUT2D eigenvalue weighted by Crippen LogP contribution is -2.33. The predicted molar refractivity (Wildman–Crippen MR) is 133 cm³/mol. The van der Waals surface area contributed by atoms with E-state index in [-0.39, 0.29) is 5.56 Å². The monoisotopic (exact) mass is 433 g/mol. The molecule has 31 heavy (non-hydrogen) atoms. The van der Waals surface area contributed by atoms with Crippen LogP contribution in [0.15, 0.2) is 59.4 Å². The first kappa shape index (κ1) is 22.9. The van der Waals surface area contributed by atoms with E-state index in [2.05, 4.69) is 43.3 Å². The summed E-state index contributed by atoms with van der Waals surface area (Å²) in [7, 11) is 3.82. The second-order valence-electron chi connectivity index (χ2n) is 8.11. The average molecular weight is 434 g/mol. The van der Waals surface area contributed by atoms with Gasteiger partial charge in [-0.3, -0.25) is 9.36 Å². The Morgan fingerprint density at radius 1 is 1.03 bits per heavy atom. The highest BCUT2D eigenvalue weighted by molar-refractivity contribution is 7.80. The van der Waals surface area contributed by atoms with Gasteiger partial charge >= 0.3 is 0 Å². The highest BCUT2D eigenvalue weighted by Crippen LogP contribution is 2.20. The number of likely N-dealkylation sites (N-methyl/N-ethyl adjacent to an activating group) is 1. The highest BCUT2D eigenvalue weighted by atomic mass is 32.1. The Morgan fingerprint density at radius 2 is 1.68 bits per heavy atom. The van der Waals surface area contributed by atoms with Crippen LogP contribution in [-0.2, 0) is 19.4 Å². The number of rotatable bonds is 8. The number of aromatic nitrogens is 2. The predicted octanol–water partition coefficient (Wildman–Crippen LogP) is 5.04. The zero-order valence-corrected chi connectivity index (χ0v) is 19.7. The summed E-state index contributed by atoms with van der Waals surface area (Å²) in [4.78, 5) is 20.9. The molecule has 0 atom stereocenters. The van der Waals surface area contributed by atoms with Gasteiger partial charge in [-0.25, -0.2) is 4.98 Å². The molecular formula is C26H31N3OS. The van der Waals surface area contributed by atoms with Gasteiger partial charge in [0.05, 0.1) is 11.5 Å². The van der Waals surface area contributed by atoms with E-state index in [1.54, 1.807) is 0 Å². The second kappa shape index (κ2) is 10.5. The first-order chi connectivity index (χ1) is 14.9. The van der Waals surface area contributed by atoms with Crippen LogP contribution in [-0.4, -0.2) is 33.5 Å². The van der Waals surface area contributed by atoms with Gasteiger partial charge in [-0.05, 0) is 30.0 Å². The minimum atomic E-state index is 0.0231. The number of thiocarbonyl (C=S) groups is 1. The molecule has 4 nitrogen and oxygen atoms in total. The Labute approximate surface area is 190 Å². The van der Waals surface area contributed by atoms with E-state index in [1.807, 2.05) is 48.7 Å². The summed E-state index contributed by atoms with van der Waals surface area (Å²) in [6.45, 7) is 4.59. The summed E-state index contributed by atoms with van der Waals surface area (Å²) in [6, 6.07) is 18.7. The molecule has 0 radical (unpaired) electrons. The third kappa shape index (κ3) is 5.67. The van der Waals surface area contributed by atoms with Crippen LogP contribution in [0.5, 0.6) is 0 Å². The van der Waals surface area contributed by atoms with Crippen LogP contribution < -0.4 is 5.56 Å². The Morgan fingerprint density at radius 3 is 2.29 bits per heavy atom. The molecule has 0 saturated heterocycles. The number of nitrogens with zero attached hydrogens (tertiary/aromatic N) is 3. The van der Waals surface area contributed by atoms with Gasteiger partial charge in [-0.15, -0.1) is 0 Å². The second-order valence-corrected chi connectivity index (χ2v) is 8.59. The van der Waals surface area contributed by atoms with Gasteiger partial charge in [0.1, 0.15) is 5.82 Å². The molecule has 3 aromatic rings. The molecule has 0 unspecified atom stereocenters. The largest absolute Gasteiger partial charge is 0.372 e. The maximum atomic E-state index is 13.5. The third-order valence-corrected chi connectivity index (χ3v) is 6.04. The lowest BCUT2D eigenvalue weighted by atomic mass is 10.0. The molecule has 0 amide bonds. The molecule has 0 fully saturated rings. The summed E-state index contributed by atoms with van der Waals surface area (Å²) in [5, 5.41) is 0. The summed E-state index contributed by atoms with van der Waals surface area (Å²) < 4.78 is 1.84. The minimum Gasteiger partial charge on any atom is -0.372 e. The highest BCUT2D eigenvalue weighted by Gasteiger charge is 2.16. The summed E-state index contributed by atoms with van der Waals surface area (Å²) in [5.41, 5.74) is 4.95. The van der Waals surface area contributed by atoms with Gasteiger partial charge in [-0.2, -0.15) is 0 Å². The van der Waals surface area contributed by atoms with Crippen LogP contribution in [0.4, 0.5) is 0 Å². The summed E-state index contributed by atoms with van der Waals surface area (Å²) >= 11 is 5.47. The third-order valence-electron chi connectivity index (χ3n) is 5.53. The minimum absolute atomic E-state index is 0.0231. The summed E-state index contributed by atoms with van der Waals surface area (Å²) in [5.74, 6) is 0.857. The van der Waals surface area contributed by atoms with E-state index < -0.39 is 0 Å². The fraction of sp³-hybridized carbons (Fsp3) is 0.346. The topological polar surface area (TPSA) is 38.1 Å². The lowest BCUT2D eigenvalue weighted by molar-refractivity contribution is 0.610. The molecule has 0 saturated carbocycles. The quantitative estimate of drug-likeness (QED) is 0.467.